The summed E-state index contributed by atoms with van der Waals surface area (Å²) in [6.45, 7) is 4.01. The number of hydrogen-bond donors (Lipinski definition) is 0. The molecule has 1 aromatic heterocycles. The van der Waals surface area contributed by atoms with Crippen LogP contribution in [0.25, 0.3) is 0 Å². The molecule has 1 amide bonds. The van der Waals surface area contributed by atoms with Gasteiger partial charge >= 0.3 is 6.01 Å². The molecule has 114 valence electrons. The Balaban J connectivity index is 1.60. The van der Waals surface area contributed by atoms with Crippen LogP contribution in [-0.2, 0) is 0 Å². The molecule has 21 heavy (non-hydrogen) atoms. The van der Waals surface area contributed by atoms with Crippen molar-refractivity contribution < 1.29 is 9.53 Å². The maximum Gasteiger partial charge on any atom is 0.316 e. The van der Waals surface area contributed by atoms with E-state index in [-0.39, 0.29) is 5.91 Å². The molecule has 6 heteroatoms. The highest BCUT2D eigenvalue weighted by molar-refractivity contribution is 5.93. The van der Waals surface area contributed by atoms with Gasteiger partial charge in [-0.2, -0.15) is 0 Å². The SMILES string of the molecule is COc1ncc(C(=O)N2CCC(N3CCCCC3)C2)cn1. The van der Waals surface area contributed by atoms with Gasteiger partial charge in [0.15, 0.2) is 0 Å². The van der Waals surface area contributed by atoms with Crippen molar-refractivity contribution in [2.24, 2.45) is 0 Å². The van der Waals surface area contributed by atoms with Gasteiger partial charge in [0.25, 0.3) is 5.91 Å². The minimum atomic E-state index is 0.0252. The molecule has 0 aliphatic carbocycles. The molecule has 0 radical (unpaired) electrons. The summed E-state index contributed by atoms with van der Waals surface area (Å²) in [6.07, 6.45) is 8.08. The van der Waals surface area contributed by atoms with Crippen LogP contribution in [0.4, 0.5) is 0 Å². The fraction of sp³-hybridized carbons (Fsp3) is 0.667. The molecule has 0 aromatic carbocycles. The second-order valence-corrected chi connectivity index (χ2v) is 5.75. The maximum atomic E-state index is 12.5. The number of piperidine rings is 1. The van der Waals surface area contributed by atoms with Gasteiger partial charge in [0.1, 0.15) is 0 Å². The lowest BCUT2D eigenvalue weighted by Gasteiger charge is -2.32. The molecule has 1 atom stereocenters. The molecule has 0 spiro atoms. The van der Waals surface area contributed by atoms with Crippen molar-refractivity contribution in [3.63, 3.8) is 0 Å². The molecule has 1 aromatic rings. The molecule has 0 bridgehead atoms. The Morgan fingerprint density at radius 2 is 1.90 bits per heavy atom. The topological polar surface area (TPSA) is 58.6 Å². The summed E-state index contributed by atoms with van der Waals surface area (Å²) < 4.78 is 4.92. The van der Waals surface area contributed by atoms with Gasteiger partial charge in [0.05, 0.1) is 12.7 Å². The second kappa shape index (κ2) is 6.39. The van der Waals surface area contributed by atoms with Gasteiger partial charge in [-0.1, -0.05) is 6.42 Å². The largest absolute Gasteiger partial charge is 0.467 e. The molecule has 3 heterocycles. The van der Waals surface area contributed by atoms with E-state index in [0.29, 0.717) is 17.6 Å². The number of likely N-dealkylation sites (tertiary alicyclic amines) is 2. The zero-order chi connectivity index (χ0) is 14.7. The fourth-order valence-corrected chi connectivity index (χ4v) is 3.22. The highest BCUT2D eigenvalue weighted by Crippen LogP contribution is 2.21. The number of hydrogen-bond acceptors (Lipinski definition) is 5. The van der Waals surface area contributed by atoms with Crippen LogP contribution < -0.4 is 4.74 Å². The van der Waals surface area contributed by atoms with E-state index in [1.165, 1.54) is 39.5 Å². The van der Waals surface area contributed by atoms with Crippen LogP contribution in [0, 0.1) is 0 Å². The van der Waals surface area contributed by atoms with Crippen LogP contribution in [0.1, 0.15) is 36.0 Å². The normalized spacial score (nSPS) is 23.3. The fourth-order valence-electron chi connectivity index (χ4n) is 3.22. The van der Waals surface area contributed by atoms with Gasteiger partial charge in [-0.25, -0.2) is 9.97 Å². The zero-order valence-corrected chi connectivity index (χ0v) is 12.5. The lowest BCUT2D eigenvalue weighted by atomic mass is 10.1. The van der Waals surface area contributed by atoms with E-state index in [1.54, 1.807) is 12.4 Å². The number of aromatic nitrogens is 2. The van der Waals surface area contributed by atoms with Gasteiger partial charge in [-0.05, 0) is 32.4 Å². The van der Waals surface area contributed by atoms with Gasteiger partial charge in [0.2, 0.25) is 0 Å². The highest BCUT2D eigenvalue weighted by atomic mass is 16.5. The van der Waals surface area contributed by atoms with Gasteiger partial charge in [-0.3, -0.25) is 9.69 Å². The molecule has 0 N–H and O–H groups in total. The standard InChI is InChI=1S/C15H22N4O2/c1-21-15-16-9-12(10-17-15)14(20)19-8-5-13(11-19)18-6-3-2-4-7-18/h9-10,13H,2-8,11H2,1H3. The predicted octanol–water partition coefficient (Wildman–Crippen LogP) is 1.19. The number of carbonyl (C=O) groups excluding carboxylic acids is 1. The molecule has 0 saturated carbocycles. The van der Waals surface area contributed by atoms with E-state index in [9.17, 15) is 4.79 Å². The first kappa shape index (κ1) is 14.3. The second-order valence-electron chi connectivity index (χ2n) is 5.75. The van der Waals surface area contributed by atoms with Crippen LogP contribution in [0.3, 0.4) is 0 Å². The molecular formula is C15H22N4O2. The Hall–Kier alpha value is -1.69. The van der Waals surface area contributed by atoms with Gasteiger partial charge < -0.3 is 9.64 Å². The maximum absolute atomic E-state index is 12.5. The Morgan fingerprint density at radius 3 is 2.57 bits per heavy atom. The Morgan fingerprint density at radius 1 is 1.19 bits per heavy atom. The average Bonchev–Trinajstić information content (AvgIpc) is 3.05. The van der Waals surface area contributed by atoms with E-state index in [4.69, 9.17) is 4.74 Å². The third-order valence-corrected chi connectivity index (χ3v) is 4.42. The van der Waals surface area contributed by atoms with Crippen LogP contribution in [0.5, 0.6) is 6.01 Å². The summed E-state index contributed by atoms with van der Waals surface area (Å²) in [7, 11) is 1.51. The molecule has 3 rings (SSSR count). The van der Waals surface area contributed by atoms with Crippen molar-refractivity contribution in [2.45, 2.75) is 31.7 Å². The minimum Gasteiger partial charge on any atom is -0.467 e. The van der Waals surface area contributed by atoms with E-state index < -0.39 is 0 Å². The monoisotopic (exact) mass is 290 g/mol. The number of ether oxygens (including phenoxy) is 1. The van der Waals surface area contributed by atoms with Gasteiger partial charge in [-0.15, -0.1) is 0 Å². The number of amides is 1. The molecule has 2 fully saturated rings. The van der Waals surface area contributed by atoms with Crippen LogP contribution in [-0.4, -0.2) is 65.0 Å². The third-order valence-electron chi connectivity index (χ3n) is 4.42. The number of carbonyl (C=O) groups is 1. The summed E-state index contributed by atoms with van der Waals surface area (Å²) in [4.78, 5) is 24.9. The first-order valence-electron chi connectivity index (χ1n) is 7.67. The molecule has 2 saturated heterocycles. The molecule has 2 aliphatic rings. The Kier molecular flexibility index (Phi) is 4.34. The molecular weight excluding hydrogens is 268 g/mol. The number of rotatable bonds is 3. The summed E-state index contributed by atoms with van der Waals surface area (Å²) in [5, 5.41) is 0. The van der Waals surface area contributed by atoms with Crippen molar-refractivity contribution in [2.75, 3.05) is 33.3 Å². The minimum absolute atomic E-state index is 0.0252. The summed E-state index contributed by atoms with van der Waals surface area (Å²) in [6, 6.07) is 0.813. The lowest BCUT2D eigenvalue weighted by molar-refractivity contribution is 0.0770. The zero-order valence-electron chi connectivity index (χ0n) is 12.5. The van der Waals surface area contributed by atoms with Crippen molar-refractivity contribution in [3.05, 3.63) is 18.0 Å². The Labute approximate surface area is 125 Å². The average molecular weight is 290 g/mol. The van der Waals surface area contributed by atoms with E-state index in [2.05, 4.69) is 14.9 Å². The molecule has 6 nitrogen and oxygen atoms in total. The van der Waals surface area contributed by atoms with Crippen molar-refractivity contribution in [1.29, 1.82) is 0 Å². The first-order chi connectivity index (χ1) is 10.3. The van der Waals surface area contributed by atoms with Crippen LogP contribution in [0.15, 0.2) is 12.4 Å². The smallest absolute Gasteiger partial charge is 0.316 e. The van der Waals surface area contributed by atoms with E-state index in [1.807, 2.05) is 4.90 Å². The van der Waals surface area contributed by atoms with Crippen LogP contribution >= 0.6 is 0 Å². The third kappa shape index (κ3) is 3.15. The van der Waals surface area contributed by atoms with Crippen molar-refractivity contribution in [3.8, 4) is 6.01 Å². The number of nitrogens with zero attached hydrogens (tertiary/aromatic N) is 4. The Bertz CT molecular complexity index is 485. The number of methoxy groups -OCH3 is 1. The first-order valence-corrected chi connectivity index (χ1v) is 7.67. The van der Waals surface area contributed by atoms with Crippen LogP contribution in [0.2, 0.25) is 0 Å². The van der Waals surface area contributed by atoms with E-state index in [0.717, 1.165) is 19.5 Å². The van der Waals surface area contributed by atoms with Crippen molar-refractivity contribution >= 4 is 5.91 Å². The summed E-state index contributed by atoms with van der Waals surface area (Å²) in [5.41, 5.74) is 0.537. The highest BCUT2D eigenvalue weighted by Gasteiger charge is 2.31. The summed E-state index contributed by atoms with van der Waals surface area (Å²) >= 11 is 0. The quantitative estimate of drug-likeness (QED) is 0.837. The lowest BCUT2D eigenvalue weighted by Crippen LogP contribution is -2.41. The van der Waals surface area contributed by atoms with Gasteiger partial charge in [0, 0.05) is 31.5 Å². The van der Waals surface area contributed by atoms with E-state index >= 15 is 0 Å². The predicted molar refractivity (Wildman–Crippen MR) is 78.3 cm³/mol. The molecule has 2 aliphatic heterocycles. The molecule has 1 unspecified atom stereocenters. The van der Waals surface area contributed by atoms with Crippen molar-refractivity contribution in [1.82, 2.24) is 19.8 Å². The summed E-state index contributed by atoms with van der Waals surface area (Å²) in [5.74, 6) is 0.0252.